The van der Waals surface area contributed by atoms with Crippen molar-refractivity contribution in [1.82, 2.24) is 10.5 Å². The Morgan fingerprint density at radius 2 is 2.44 bits per heavy atom. The molecule has 1 aromatic rings. The first-order valence-electron chi connectivity index (χ1n) is 2.68. The maximum atomic E-state index is 9.81. The smallest absolute Gasteiger partial charge is 0.0532 e. The molecule has 0 aromatic carbocycles. The SMILES string of the molecule is [O-]NCc1ccccn1. The molecule has 0 bridgehead atoms. The Balaban J connectivity index is 2.61. The van der Waals surface area contributed by atoms with Crippen LogP contribution in [0.3, 0.4) is 0 Å². The van der Waals surface area contributed by atoms with Crippen molar-refractivity contribution >= 4 is 0 Å². The summed E-state index contributed by atoms with van der Waals surface area (Å²) in [5.41, 5.74) is 2.54. The van der Waals surface area contributed by atoms with E-state index in [9.17, 15) is 5.21 Å². The number of rotatable bonds is 2. The molecule has 0 fully saturated rings. The second-order valence-corrected chi connectivity index (χ2v) is 1.64. The van der Waals surface area contributed by atoms with Gasteiger partial charge >= 0.3 is 0 Å². The third-order valence-corrected chi connectivity index (χ3v) is 0.979. The molecular formula is C6H7N2O-. The number of hydrogen-bond acceptors (Lipinski definition) is 3. The van der Waals surface area contributed by atoms with Crippen molar-refractivity contribution in [2.45, 2.75) is 6.54 Å². The van der Waals surface area contributed by atoms with Crippen LogP contribution in [0.5, 0.6) is 0 Å². The summed E-state index contributed by atoms with van der Waals surface area (Å²) in [6.07, 6.45) is 1.66. The maximum Gasteiger partial charge on any atom is 0.0532 e. The van der Waals surface area contributed by atoms with Gasteiger partial charge in [-0.15, -0.1) is 0 Å². The van der Waals surface area contributed by atoms with Crippen molar-refractivity contribution in [2.75, 3.05) is 0 Å². The molecule has 9 heavy (non-hydrogen) atoms. The molecule has 1 heterocycles. The molecular weight excluding hydrogens is 116 g/mol. The molecule has 0 aliphatic rings. The topological polar surface area (TPSA) is 48.0 Å². The van der Waals surface area contributed by atoms with E-state index in [4.69, 9.17) is 0 Å². The Morgan fingerprint density at radius 1 is 1.56 bits per heavy atom. The molecule has 0 aliphatic carbocycles. The monoisotopic (exact) mass is 123 g/mol. The van der Waals surface area contributed by atoms with Gasteiger partial charge in [0, 0.05) is 12.7 Å². The van der Waals surface area contributed by atoms with Crippen LogP contribution in [0.15, 0.2) is 24.4 Å². The summed E-state index contributed by atoms with van der Waals surface area (Å²) >= 11 is 0. The van der Waals surface area contributed by atoms with Crippen molar-refractivity contribution in [3.8, 4) is 0 Å². The zero-order chi connectivity index (χ0) is 6.53. The minimum Gasteiger partial charge on any atom is -0.787 e. The largest absolute Gasteiger partial charge is 0.787 e. The first-order chi connectivity index (χ1) is 4.43. The van der Waals surface area contributed by atoms with Gasteiger partial charge in [0.15, 0.2) is 0 Å². The predicted octanol–water partition coefficient (Wildman–Crippen LogP) is 0.669. The van der Waals surface area contributed by atoms with Crippen molar-refractivity contribution < 1.29 is 0 Å². The van der Waals surface area contributed by atoms with E-state index in [0.29, 0.717) is 6.54 Å². The summed E-state index contributed by atoms with van der Waals surface area (Å²) in [4.78, 5) is 3.91. The van der Waals surface area contributed by atoms with Gasteiger partial charge in [-0.3, -0.25) is 4.98 Å². The molecule has 0 saturated carbocycles. The lowest BCUT2D eigenvalue weighted by Gasteiger charge is -2.04. The summed E-state index contributed by atoms with van der Waals surface area (Å²) in [5.74, 6) is 0. The average Bonchev–Trinajstić information content (AvgIpc) is 1.91. The second kappa shape index (κ2) is 3.17. The highest BCUT2D eigenvalue weighted by Gasteiger charge is 1.83. The fourth-order valence-electron chi connectivity index (χ4n) is 0.577. The Kier molecular flexibility index (Phi) is 2.18. The number of pyridine rings is 1. The molecule has 1 aromatic heterocycles. The van der Waals surface area contributed by atoms with E-state index in [-0.39, 0.29) is 0 Å². The zero-order valence-electron chi connectivity index (χ0n) is 4.87. The van der Waals surface area contributed by atoms with Crippen LogP contribution in [0, 0.1) is 5.21 Å². The second-order valence-electron chi connectivity index (χ2n) is 1.64. The summed E-state index contributed by atoms with van der Waals surface area (Å²) in [6.45, 7) is 0.292. The van der Waals surface area contributed by atoms with Gasteiger partial charge in [0.25, 0.3) is 0 Å². The molecule has 0 atom stereocenters. The van der Waals surface area contributed by atoms with Crippen LogP contribution in [0.25, 0.3) is 0 Å². The van der Waals surface area contributed by atoms with Crippen LogP contribution in [0.2, 0.25) is 0 Å². The van der Waals surface area contributed by atoms with Crippen molar-refractivity contribution in [3.05, 3.63) is 35.3 Å². The number of nitrogens with zero attached hydrogens (tertiary/aromatic N) is 1. The van der Waals surface area contributed by atoms with Crippen LogP contribution in [-0.4, -0.2) is 4.98 Å². The highest BCUT2D eigenvalue weighted by Crippen LogP contribution is 1.90. The highest BCUT2D eigenvalue weighted by molar-refractivity contribution is 5.02. The molecule has 1 N–H and O–H groups in total. The first-order valence-corrected chi connectivity index (χ1v) is 2.68. The number of hydroxylamine groups is 1. The molecule has 48 valence electrons. The lowest BCUT2D eigenvalue weighted by Crippen LogP contribution is -2.03. The first kappa shape index (κ1) is 6.19. The molecule has 0 spiro atoms. The third kappa shape index (κ3) is 1.79. The lowest BCUT2D eigenvalue weighted by molar-refractivity contribution is 0.840. The van der Waals surface area contributed by atoms with Crippen LogP contribution in [0.1, 0.15) is 5.69 Å². The van der Waals surface area contributed by atoms with E-state index in [1.54, 1.807) is 17.7 Å². The van der Waals surface area contributed by atoms with Gasteiger partial charge in [-0.25, -0.2) is 0 Å². The molecule has 0 unspecified atom stereocenters. The van der Waals surface area contributed by atoms with E-state index < -0.39 is 0 Å². The minimum absolute atomic E-state index is 0.292. The van der Waals surface area contributed by atoms with Crippen LogP contribution >= 0.6 is 0 Å². The quantitative estimate of drug-likeness (QED) is 0.588. The van der Waals surface area contributed by atoms with Crippen LogP contribution < -0.4 is 5.48 Å². The molecule has 0 radical (unpaired) electrons. The molecule has 0 aliphatic heterocycles. The van der Waals surface area contributed by atoms with E-state index in [1.165, 1.54) is 0 Å². The van der Waals surface area contributed by atoms with Gasteiger partial charge in [0.1, 0.15) is 0 Å². The fourth-order valence-corrected chi connectivity index (χ4v) is 0.577. The number of hydrogen-bond donors (Lipinski definition) is 1. The van der Waals surface area contributed by atoms with Gasteiger partial charge in [-0.2, -0.15) is 0 Å². The highest BCUT2D eigenvalue weighted by atomic mass is 16.5. The molecule has 0 saturated heterocycles. The summed E-state index contributed by atoms with van der Waals surface area (Å²) in [5, 5.41) is 9.81. The van der Waals surface area contributed by atoms with Gasteiger partial charge in [0.05, 0.1) is 5.69 Å². The maximum absolute atomic E-state index is 9.81. The van der Waals surface area contributed by atoms with Gasteiger partial charge in [-0.1, -0.05) is 6.07 Å². The van der Waals surface area contributed by atoms with E-state index in [0.717, 1.165) is 5.69 Å². The van der Waals surface area contributed by atoms with E-state index in [1.807, 2.05) is 12.1 Å². The Labute approximate surface area is 53.3 Å². The Bertz CT molecular complexity index is 164. The predicted molar refractivity (Wildman–Crippen MR) is 34.4 cm³/mol. The third-order valence-electron chi connectivity index (χ3n) is 0.979. The fraction of sp³-hybridized carbons (Fsp3) is 0.167. The minimum atomic E-state index is 0.292. The molecule has 3 heteroatoms. The Morgan fingerprint density at radius 3 is 3.00 bits per heavy atom. The molecule has 0 amide bonds. The van der Waals surface area contributed by atoms with Crippen LogP contribution in [-0.2, 0) is 6.54 Å². The number of aromatic nitrogens is 1. The summed E-state index contributed by atoms with van der Waals surface area (Å²) in [7, 11) is 0. The lowest BCUT2D eigenvalue weighted by atomic mass is 10.4. The van der Waals surface area contributed by atoms with E-state index in [2.05, 4.69) is 4.98 Å². The molecule has 1 rings (SSSR count). The average molecular weight is 123 g/mol. The normalized spacial score (nSPS) is 9.44. The molecule has 3 nitrogen and oxygen atoms in total. The van der Waals surface area contributed by atoms with Gasteiger partial charge in [-0.05, 0) is 12.1 Å². The summed E-state index contributed by atoms with van der Waals surface area (Å²) in [6, 6.07) is 5.46. The standard InChI is InChI=1S/C6H7N2O/c9-8-5-6-3-1-2-4-7-6/h1-4,8H,5H2/q-1. The number of nitrogens with one attached hydrogen (secondary N) is 1. The van der Waals surface area contributed by atoms with Crippen molar-refractivity contribution in [3.63, 3.8) is 0 Å². The van der Waals surface area contributed by atoms with Crippen molar-refractivity contribution in [2.24, 2.45) is 0 Å². The van der Waals surface area contributed by atoms with Gasteiger partial charge < -0.3 is 10.7 Å². The van der Waals surface area contributed by atoms with E-state index >= 15 is 0 Å². The summed E-state index contributed by atoms with van der Waals surface area (Å²) < 4.78 is 0. The van der Waals surface area contributed by atoms with Crippen molar-refractivity contribution in [1.29, 1.82) is 0 Å². The van der Waals surface area contributed by atoms with Gasteiger partial charge in [0.2, 0.25) is 0 Å². The zero-order valence-corrected chi connectivity index (χ0v) is 4.87. The van der Waals surface area contributed by atoms with Crippen LogP contribution in [0.4, 0.5) is 0 Å². The Hall–Kier alpha value is -0.930.